The normalized spacial score (nSPS) is 11.6. The topological polar surface area (TPSA) is 90.6 Å². The zero-order valence-electron chi connectivity index (χ0n) is 15.3. The maximum atomic E-state index is 12.9. The van der Waals surface area contributed by atoms with Crippen LogP contribution in [0.4, 0.5) is 0 Å². The van der Waals surface area contributed by atoms with E-state index in [2.05, 4.69) is 20.2 Å². The van der Waals surface area contributed by atoms with Gasteiger partial charge < -0.3 is 4.57 Å². The number of aromatic nitrogens is 5. The molecular weight excluding hydrogens is 394 g/mol. The van der Waals surface area contributed by atoms with Crippen LogP contribution in [0, 0.1) is 6.92 Å². The zero-order valence-corrected chi connectivity index (χ0v) is 16.9. The second-order valence-corrected chi connectivity index (χ2v) is 9.04. The van der Waals surface area contributed by atoms with Gasteiger partial charge in [-0.3, -0.25) is 4.98 Å². The lowest BCUT2D eigenvalue weighted by Crippen LogP contribution is -2.12. The van der Waals surface area contributed by atoms with Gasteiger partial charge in [-0.25, -0.2) is 13.4 Å². The Bertz CT molecular complexity index is 1230. The molecule has 0 saturated heterocycles. The van der Waals surface area contributed by atoms with E-state index in [4.69, 9.17) is 0 Å². The Hall–Kier alpha value is -2.91. The summed E-state index contributed by atoms with van der Waals surface area (Å²) in [6, 6.07) is 13.2. The molecule has 0 unspecified atom stereocenters. The summed E-state index contributed by atoms with van der Waals surface area (Å²) in [5.41, 5.74) is 3.04. The van der Waals surface area contributed by atoms with E-state index >= 15 is 0 Å². The van der Waals surface area contributed by atoms with Crippen molar-refractivity contribution < 1.29 is 8.42 Å². The van der Waals surface area contributed by atoms with Crippen LogP contribution in [0.2, 0.25) is 0 Å². The fraction of sp³-hybridized carbons (Fsp3) is 0.158. The molecule has 0 aliphatic carbocycles. The van der Waals surface area contributed by atoms with E-state index < -0.39 is 9.84 Å². The van der Waals surface area contributed by atoms with Gasteiger partial charge in [-0.15, -0.1) is 21.5 Å². The molecule has 3 aromatic heterocycles. The summed E-state index contributed by atoms with van der Waals surface area (Å²) < 4.78 is 27.4. The molecule has 28 heavy (non-hydrogen) atoms. The fourth-order valence-corrected chi connectivity index (χ4v) is 5.12. The Balaban J connectivity index is 1.63. The summed E-state index contributed by atoms with van der Waals surface area (Å²) in [7, 11) is -2.04. The highest BCUT2D eigenvalue weighted by Crippen LogP contribution is 2.26. The molecule has 0 aliphatic rings. The molecule has 4 aromatic rings. The van der Waals surface area contributed by atoms with Crippen LogP contribution in [0.1, 0.15) is 11.3 Å². The average molecular weight is 412 g/mol. The van der Waals surface area contributed by atoms with Crippen molar-refractivity contribution in [2.24, 2.45) is 7.05 Å². The van der Waals surface area contributed by atoms with Gasteiger partial charge in [-0.05, 0) is 24.6 Å². The third-order valence-corrected chi connectivity index (χ3v) is 6.77. The molecule has 142 valence electrons. The van der Waals surface area contributed by atoms with Crippen molar-refractivity contribution in [1.82, 2.24) is 24.7 Å². The van der Waals surface area contributed by atoms with Crippen molar-refractivity contribution in [3.05, 3.63) is 65.3 Å². The van der Waals surface area contributed by atoms with Gasteiger partial charge in [0, 0.05) is 24.2 Å². The molecule has 0 aliphatic heterocycles. The Labute approximate surface area is 166 Å². The van der Waals surface area contributed by atoms with E-state index in [0.717, 1.165) is 16.8 Å². The highest BCUT2D eigenvalue weighted by Gasteiger charge is 2.25. The summed E-state index contributed by atoms with van der Waals surface area (Å²) in [5.74, 6) is 0.278. The predicted molar refractivity (Wildman–Crippen MR) is 107 cm³/mol. The molecule has 0 bridgehead atoms. The summed E-state index contributed by atoms with van der Waals surface area (Å²) in [6.07, 6.45) is 1.68. The quantitative estimate of drug-likeness (QED) is 0.501. The molecule has 0 spiro atoms. The highest BCUT2D eigenvalue weighted by molar-refractivity contribution is 7.90. The van der Waals surface area contributed by atoms with Crippen LogP contribution in [0.5, 0.6) is 0 Å². The predicted octanol–water partition coefficient (Wildman–Crippen LogP) is 3.28. The van der Waals surface area contributed by atoms with Crippen LogP contribution in [-0.4, -0.2) is 33.2 Å². The number of nitrogens with zero attached hydrogens (tertiary/aromatic N) is 5. The number of aryl methyl sites for hydroxylation is 1. The molecule has 0 fully saturated rings. The molecule has 0 atom stereocenters. The number of rotatable bonds is 5. The molecule has 7 nitrogen and oxygen atoms in total. The van der Waals surface area contributed by atoms with Crippen LogP contribution in [-0.2, 0) is 22.6 Å². The first-order chi connectivity index (χ1) is 13.5. The van der Waals surface area contributed by atoms with Crippen LogP contribution in [0.15, 0.2) is 59.2 Å². The Kier molecular flexibility index (Phi) is 4.78. The van der Waals surface area contributed by atoms with Crippen molar-refractivity contribution in [3.63, 3.8) is 0 Å². The molecule has 4 rings (SSSR count). The lowest BCUT2D eigenvalue weighted by Gasteiger charge is -2.06. The van der Waals surface area contributed by atoms with Gasteiger partial charge in [0.25, 0.3) is 0 Å². The van der Waals surface area contributed by atoms with Gasteiger partial charge in [-0.2, -0.15) is 0 Å². The van der Waals surface area contributed by atoms with E-state index in [9.17, 15) is 8.42 Å². The Morgan fingerprint density at radius 3 is 2.61 bits per heavy atom. The molecular formula is C19H17N5O2S2. The van der Waals surface area contributed by atoms with E-state index in [1.807, 2.05) is 49.4 Å². The smallest absolute Gasteiger partial charge is 0.250 e. The highest BCUT2D eigenvalue weighted by atomic mass is 32.2. The molecule has 9 heteroatoms. The lowest BCUT2D eigenvalue weighted by molar-refractivity contribution is 0.577. The number of hydrogen-bond donors (Lipinski definition) is 0. The first-order valence-electron chi connectivity index (χ1n) is 8.49. The lowest BCUT2D eigenvalue weighted by atomic mass is 10.1. The van der Waals surface area contributed by atoms with Crippen LogP contribution >= 0.6 is 11.3 Å². The number of thiazole rings is 1. The van der Waals surface area contributed by atoms with Gasteiger partial charge in [0.15, 0.2) is 5.82 Å². The average Bonchev–Trinajstić information content (AvgIpc) is 3.30. The van der Waals surface area contributed by atoms with Gasteiger partial charge in [0.1, 0.15) is 10.8 Å². The van der Waals surface area contributed by atoms with Crippen molar-refractivity contribution in [3.8, 4) is 22.1 Å². The Morgan fingerprint density at radius 1 is 1.07 bits per heavy atom. The monoisotopic (exact) mass is 411 g/mol. The molecule has 0 saturated carbocycles. The number of hydrogen-bond acceptors (Lipinski definition) is 7. The van der Waals surface area contributed by atoms with Gasteiger partial charge in [0.05, 0.1) is 11.4 Å². The van der Waals surface area contributed by atoms with Crippen LogP contribution in [0.3, 0.4) is 0 Å². The third kappa shape index (κ3) is 3.46. The maximum absolute atomic E-state index is 12.9. The van der Waals surface area contributed by atoms with Gasteiger partial charge in [-0.1, -0.05) is 30.3 Å². The SMILES string of the molecule is Cc1ccccc1-c1nnc(S(=O)(=O)Cc2csc(-c3ccccn3)n2)n1C. The van der Waals surface area contributed by atoms with Gasteiger partial charge in [0.2, 0.25) is 15.0 Å². The van der Waals surface area contributed by atoms with E-state index in [-0.39, 0.29) is 10.9 Å². The molecule has 1 aromatic carbocycles. The van der Waals surface area contributed by atoms with Crippen molar-refractivity contribution >= 4 is 21.2 Å². The summed E-state index contributed by atoms with van der Waals surface area (Å²) in [6.45, 7) is 1.95. The molecule has 3 heterocycles. The van der Waals surface area contributed by atoms with Crippen molar-refractivity contribution in [2.75, 3.05) is 0 Å². The van der Waals surface area contributed by atoms with Gasteiger partial charge >= 0.3 is 0 Å². The minimum absolute atomic E-state index is 0.0712. The Morgan fingerprint density at radius 2 is 1.86 bits per heavy atom. The molecule has 0 radical (unpaired) electrons. The van der Waals surface area contributed by atoms with Crippen molar-refractivity contribution in [1.29, 1.82) is 0 Å². The van der Waals surface area contributed by atoms with E-state index in [0.29, 0.717) is 16.5 Å². The first kappa shape index (κ1) is 18.5. The number of pyridine rings is 1. The largest absolute Gasteiger partial charge is 0.301 e. The number of benzene rings is 1. The minimum Gasteiger partial charge on any atom is -0.301 e. The van der Waals surface area contributed by atoms with E-state index in [1.165, 1.54) is 15.9 Å². The second kappa shape index (κ2) is 7.25. The summed E-state index contributed by atoms with van der Waals surface area (Å²) in [5, 5.41) is 10.4. The van der Waals surface area contributed by atoms with Crippen LogP contribution in [0.25, 0.3) is 22.1 Å². The van der Waals surface area contributed by atoms with Crippen molar-refractivity contribution in [2.45, 2.75) is 17.8 Å². The summed E-state index contributed by atoms with van der Waals surface area (Å²) in [4.78, 5) is 8.67. The standard InChI is InChI=1S/C19H17N5O2S2/c1-13-7-3-4-8-15(13)17-22-23-19(24(17)2)28(25,26)12-14-11-27-18(21-14)16-9-5-6-10-20-16/h3-11H,12H2,1-2H3. The third-order valence-electron chi connectivity index (χ3n) is 4.27. The zero-order chi connectivity index (χ0) is 19.7. The fourth-order valence-electron chi connectivity index (χ4n) is 2.88. The summed E-state index contributed by atoms with van der Waals surface area (Å²) >= 11 is 1.37. The first-order valence-corrected chi connectivity index (χ1v) is 11.0. The maximum Gasteiger partial charge on any atom is 0.250 e. The van der Waals surface area contributed by atoms with Crippen LogP contribution < -0.4 is 0 Å². The van der Waals surface area contributed by atoms with E-state index in [1.54, 1.807) is 18.6 Å². The number of sulfone groups is 1. The molecule has 0 N–H and O–H groups in total. The second-order valence-electron chi connectivity index (χ2n) is 6.30. The molecule has 0 amide bonds. The minimum atomic E-state index is -3.70.